The van der Waals surface area contributed by atoms with Gasteiger partial charge in [-0.15, -0.1) is 0 Å². The highest BCUT2D eigenvalue weighted by molar-refractivity contribution is 5.90. The van der Waals surface area contributed by atoms with E-state index in [1.165, 1.54) is 20.1 Å². The highest BCUT2D eigenvalue weighted by Crippen LogP contribution is 2.39. The van der Waals surface area contributed by atoms with Crippen molar-refractivity contribution in [1.82, 2.24) is 9.80 Å². The molecule has 5 N–H and O–H groups in total. The van der Waals surface area contributed by atoms with E-state index in [2.05, 4.69) is 4.90 Å². The van der Waals surface area contributed by atoms with Crippen molar-refractivity contribution in [2.75, 3.05) is 35.3 Å². The Labute approximate surface area is 406 Å². The fourth-order valence-electron chi connectivity index (χ4n) is 10.0. The Hall–Kier alpha value is -3.57. The van der Waals surface area contributed by atoms with Crippen LogP contribution in [-0.4, -0.2) is 193 Å². The Morgan fingerprint density at radius 2 is 1.57 bits per heavy atom. The van der Waals surface area contributed by atoms with Gasteiger partial charge in [-0.1, -0.05) is 31.2 Å². The molecule has 0 aromatic heterocycles. The highest BCUT2D eigenvalue weighted by Gasteiger charge is 2.54. The van der Waals surface area contributed by atoms with E-state index in [0.717, 1.165) is 24.8 Å². The van der Waals surface area contributed by atoms with Gasteiger partial charge in [-0.05, 0) is 112 Å². The predicted octanol–water partition coefficient (Wildman–Crippen LogP) is 3.60. The van der Waals surface area contributed by atoms with Gasteiger partial charge in [0.25, 0.3) is 0 Å². The minimum absolute atomic E-state index is 0.102. The lowest BCUT2D eigenvalue weighted by Crippen LogP contribution is -2.66. The van der Waals surface area contributed by atoms with Gasteiger partial charge in [0.05, 0.1) is 60.3 Å². The van der Waals surface area contributed by atoms with Crippen LogP contribution in [0.15, 0.2) is 42.5 Å². The molecule has 1 aromatic carbocycles. The third-order valence-corrected chi connectivity index (χ3v) is 13.8. The van der Waals surface area contributed by atoms with E-state index in [9.17, 15) is 39.9 Å². The van der Waals surface area contributed by atoms with Crippen molar-refractivity contribution in [3.05, 3.63) is 48.1 Å². The summed E-state index contributed by atoms with van der Waals surface area (Å²) in [5, 5.41) is 54.1. The minimum Gasteiger partial charge on any atom is -0.504 e. The van der Waals surface area contributed by atoms with Crippen LogP contribution in [0.25, 0.3) is 0 Å². The van der Waals surface area contributed by atoms with E-state index < -0.39 is 127 Å². The number of aromatic hydroxyl groups is 2. The van der Waals surface area contributed by atoms with Crippen molar-refractivity contribution in [2.45, 2.75) is 190 Å². The number of aliphatic hydroxyl groups is 3. The number of methoxy groups -OCH3 is 1. The first-order valence-corrected chi connectivity index (χ1v) is 24.1. The van der Waals surface area contributed by atoms with Crippen LogP contribution in [0.1, 0.15) is 96.8 Å². The summed E-state index contributed by atoms with van der Waals surface area (Å²) in [5.41, 5.74) is -1.69. The first-order valence-electron chi connectivity index (χ1n) is 24.1. The Kier molecular flexibility index (Phi) is 20.6. The van der Waals surface area contributed by atoms with Gasteiger partial charge >= 0.3 is 11.9 Å². The largest absolute Gasteiger partial charge is 0.504 e. The molecule has 0 aliphatic carbocycles. The molecule has 0 unspecified atom stereocenters. The number of phenolic OH excluding ortho intramolecular Hbond substituents is 2. The molecule has 19 heteroatoms. The number of likely N-dealkylation sites (N-methyl/N-ethyl adjacent to an activating group) is 2. The SMILES string of the molecule is CO[C@@H]1[C@@H](O[C@@H]2O[C@H](C)[C@@H](O[C@H]3C[C@@](C)(O)[C@@H](O)[C@H](C)O3)[C@H](N(C)C)[C@H]2OC(=O)c2ccc(O)c(O)c2)[C@@H](CC=O)C[C@@H](C)[C@@H](O[C@H]2CC[C@H](N(C)C)[C@@H](C)O2)/C=C/C=C/C[C@@H](C)OC(=O)C[C@H]1O. The number of hydrogen-bond acceptors (Lipinski definition) is 19. The molecule has 0 saturated carbocycles. The maximum Gasteiger partial charge on any atom is 0.338 e. The number of aldehydes is 1. The zero-order valence-corrected chi connectivity index (χ0v) is 42.0. The standard InChI is InChI=1S/C50H78N2O17/c1-27-23-32(21-22-53)44(45(61-11)37(56)25-39(57)62-28(2)15-13-12-14-16-38(27)66-40-20-18-34(51(7)8)29(3)63-40)69-49-46(68-48(59)33-17-19-35(54)36(55)24-33)42(52(9)10)43(30(4)65-49)67-41-26-50(6,60)47(58)31(5)64-41/h12-14,16-17,19,22,24,27-32,34,37-38,40-47,49,54-56,58,60H,15,18,20-21,23,25-26H2,1-11H3/b13-12+,16-14+/t27-,28-,29-,30-,31+,32+,34+,37-,38+,40+,41+,42+,43-,44+,45+,46-,47+,49+,50-/m1/s1. The monoisotopic (exact) mass is 979 g/mol. The molecule has 390 valence electrons. The molecule has 0 amide bonds. The molecular formula is C50H78N2O17. The minimum atomic E-state index is -1.57. The number of ether oxygens (including phenoxy) is 9. The summed E-state index contributed by atoms with van der Waals surface area (Å²) in [5.74, 6) is -3.71. The Bertz CT molecular complexity index is 1880. The lowest BCUT2D eigenvalue weighted by atomic mass is 9.82. The van der Waals surface area contributed by atoms with Crippen molar-refractivity contribution in [3.8, 4) is 11.5 Å². The number of carbonyl (C=O) groups excluding carboxylic acids is 3. The topological polar surface area (TPSA) is 242 Å². The fraction of sp³-hybridized carbons (Fsp3) is 0.740. The van der Waals surface area contributed by atoms with Crippen LogP contribution in [0.4, 0.5) is 0 Å². The van der Waals surface area contributed by atoms with Crippen molar-refractivity contribution in [1.29, 1.82) is 0 Å². The van der Waals surface area contributed by atoms with E-state index in [-0.39, 0.29) is 42.9 Å². The number of aliphatic hydroxyl groups excluding tert-OH is 2. The number of nitrogens with zero attached hydrogens (tertiary/aromatic N) is 2. The zero-order valence-electron chi connectivity index (χ0n) is 42.0. The van der Waals surface area contributed by atoms with Crippen LogP contribution >= 0.6 is 0 Å². The number of phenols is 2. The summed E-state index contributed by atoms with van der Waals surface area (Å²) in [6, 6.07) is 2.77. The molecule has 0 radical (unpaired) electrons. The van der Waals surface area contributed by atoms with Crippen LogP contribution in [0.3, 0.4) is 0 Å². The van der Waals surface area contributed by atoms with Gasteiger partial charge in [0.15, 0.2) is 36.5 Å². The van der Waals surface area contributed by atoms with Crippen LogP contribution < -0.4 is 0 Å². The van der Waals surface area contributed by atoms with Crippen LogP contribution in [0, 0.1) is 11.8 Å². The molecule has 4 aliphatic rings. The summed E-state index contributed by atoms with van der Waals surface area (Å²) < 4.78 is 57.3. The number of rotatable bonds is 13. The number of cyclic esters (lactones) is 1. The molecule has 19 atom stereocenters. The molecule has 3 fully saturated rings. The Balaban J connectivity index is 1.57. The van der Waals surface area contributed by atoms with Gasteiger partial charge in [0.2, 0.25) is 0 Å². The van der Waals surface area contributed by atoms with E-state index in [1.807, 2.05) is 52.2 Å². The fourth-order valence-corrected chi connectivity index (χ4v) is 10.0. The van der Waals surface area contributed by atoms with E-state index in [1.54, 1.807) is 39.8 Å². The van der Waals surface area contributed by atoms with Crippen molar-refractivity contribution in [2.24, 2.45) is 11.8 Å². The summed E-state index contributed by atoms with van der Waals surface area (Å²) in [7, 11) is 8.85. The smallest absolute Gasteiger partial charge is 0.338 e. The zero-order chi connectivity index (χ0) is 50.9. The second-order valence-corrected chi connectivity index (χ2v) is 19.9. The number of benzene rings is 1. The van der Waals surface area contributed by atoms with Crippen molar-refractivity contribution >= 4 is 18.2 Å². The van der Waals surface area contributed by atoms with Crippen LogP contribution in [0.2, 0.25) is 0 Å². The summed E-state index contributed by atoms with van der Waals surface area (Å²) in [6.07, 6.45) is -3.76. The van der Waals surface area contributed by atoms with Gasteiger partial charge in [0.1, 0.15) is 30.7 Å². The average Bonchev–Trinajstić information content (AvgIpc) is 3.26. The third kappa shape index (κ3) is 14.8. The lowest BCUT2D eigenvalue weighted by molar-refractivity contribution is -0.343. The maximum atomic E-state index is 14.1. The molecule has 4 heterocycles. The summed E-state index contributed by atoms with van der Waals surface area (Å²) in [4.78, 5) is 44.1. The van der Waals surface area contributed by atoms with Crippen LogP contribution in [0.5, 0.6) is 11.5 Å². The summed E-state index contributed by atoms with van der Waals surface area (Å²) in [6.45, 7) is 10.6. The first-order chi connectivity index (χ1) is 32.5. The van der Waals surface area contributed by atoms with E-state index in [4.69, 9.17) is 42.6 Å². The van der Waals surface area contributed by atoms with Crippen LogP contribution in [-0.2, 0) is 52.2 Å². The van der Waals surface area contributed by atoms with Gasteiger partial charge in [-0.25, -0.2) is 4.79 Å². The number of carbonyl (C=O) groups is 3. The van der Waals surface area contributed by atoms with E-state index in [0.29, 0.717) is 12.8 Å². The second-order valence-electron chi connectivity index (χ2n) is 19.9. The number of hydrogen-bond donors (Lipinski definition) is 5. The van der Waals surface area contributed by atoms with Gasteiger partial charge < -0.3 is 82.8 Å². The van der Waals surface area contributed by atoms with Gasteiger partial charge in [-0.3, -0.25) is 4.79 Å². The Morgan fingerprint density at radius 1 is 0.855 bits per heavy atom. The molecule has 0 bridgehead atoms. The predicted molar refractivity (Wildman–Crippen MR) is 250 cm³/mol. The highest BCUT2D eigenvalue weighted by atomic mass is 16.7. The lowest BCUT2D eigenvalue weighted by Gasteiger charge is -2.50. The first kappa shape index (κ1) is 56.3. The van der Waals surface area contributed by atoms with Crippen molar-refractivity contribution in [3.63, 3.8) is 0 Å². The molecule has 0 spiro atoms. The molecule has 4 aliphatic heterocycles. The molecule has 5 rings (SSSR count). The van der Waals surface area contributed by atoms with Gasteiger partial charge in [-0.2, -0.15) is 0 Å². The normalized spacial score (nSPS) is 40.7. The maximum absolute atomic E-state index is 14.1. The molecular weight excluding hydrogens is 901 g/mol. The Morgan fingerprint density at radius 3 is 2.19 bits per heavy atom. The molecule has 1 aromatic rings. The quantitative estimate of drug-likeness (QED) is 0.108. The molecule has 19 nitrogen and oxygen atoms in total. The number of allylic oxidation sites excluding steroid dienone is 2. The average molecular weight is 979 g/mol. The number of esters is 2. The van der Waals surface area contributed by atoms with Crippen molar-refractivity contribution < 1.29 is 82.5 Å². The van der Waals surface area contributed by atoms with Gasteiger partial charge in [0, 0.05) is 32.4 Å². The van der Waals surface area contributed by atoms with E-state index >= 15 is 0 Å². The third-order valence-electron chi connectivity index (χ3n) is 13.8. The second kappa shape index (κ2) is 25.2. The summed E-state index contributed by atoms with van der Waals surface area (Å²) >= 11 is 0. The molecule has 69 heavy (non-hydrogen) atoms. The molecule has 3 saturated heterocycles.